The van der Waals surface area contributed by atoms with Gasteiger partial charge in [0.15, 0.2) is 0 Å². The van der Waals surface area contributed by atoms with Crippen LogP contribution in [0, 0.1) is 13.8 Å². The van der Waals surface area contributed by atoms with Crippen molar-refractivity contribution in [3.05, 3.63) is 59.2 Å². The monoisotopic (exact) mass is 291 g/mol. The lowest BCUT2D eigenvalue weighted by Crippen LogP contribution is -2.12. The second kappa shape index (κ2) is 5.64. The van der Waals surface area contributed by atoms with Crippen molar-refractivity contribution in [2.45, 2.75) is 25.3 Å². The predicted octanol–water partition coefficient (Wildman–Crippen LogP) is 2.53. The first kappa shape index (κ1) is 14.6. The van der Waals surface area contributed by atoms with Gasteiger partial charge in [0.1, 0.15) is 12.4 Å². The van der Waals surface area contributed by atoms with E-state index in [1.165, 1.54) is 12.1 Å². The molecule has 2 N–H and O–H groups in total. The average molecular weight is 291 g/mol. The Labute approximate surface area is 119 Å². The highest BCUT2D eigenvalue weighted by atomic mass is 32.2. The summed E-state index contributed by atoms with van der Waals surface area (Å²) in [7, 11) is -3.67. The standard InChI is InChI=1S/C15H17NO3S/c1-11-5-3-4-6-13(11)10-19-15-8-7-14(9-12(15)2)20(16,17)18/h3-9H,10H2,1-2H3,(H2,16,17,18). The third kappa shape index (κ3) is 3.37. The van der Waals surface area contributed by atoms with Crippen molar-refractivity contribution >= 4 is 10.0 Å². The van der Waals surface area contributed by atoms with Crippen molar-refractivity contribution in [1.82, 2.24) is 0 Å². The molecule has 2 aromatic rings. The lowest BCUT2D eigenvalue weighted by atomic mass is 10.1. The number of ether oxygens (including phenoxy) is 1. The number of benzene rings is 2. The Balaban J connectivity index is 2.17. The Bertz CT molecular complexity index is 724. The van der Waals surface area contributed by atoms with E-state index in [9.17, 15) is 8.42 Å². The Morgan fingerprint density at radius 2 is 1.75 bits per heavy atom. The molecule has 0 aromatic heterocycles. The smallest absolute Gasteiger partial charge is 0.238 e. The molecule has 0 aliphatic carbocycles. The Kier molecular flexibility index (Phi) is 4.11. The molecule has 2 rings (SSSR count). The fraction of sp³-hybridized carbons (Fsp3) is 0.200. The number of aryl methyl sites for hydroxylation is 2. The van der Waals surface area contributed by atoms with Crippen LogP contribution in [0.4, 0.5) is 0 Å². The zero-order chi connectivity index (χ0) is 14.8. The van der Waals surface area contributed by atoms with E-state index in [1.807, 2.05) is 31.2 Å². The molecular formula is C15H17NO3S. The van der Waals surface area contributed by atoms with E-state index >= 15 is 0 Å². The Morgan fingerprint density at radius 1 is 1.05 bits per heavy atom. The molecule has 106 valence electrons. The molecule has 0 aliphatic heterocycles. The molecule has 0 saturated heterocycles. The zero-order valence-electron chi connectivity index (χ0n) is 11.5. The number of hydrogen-bond acceptors (Lipinski definition) is 3. The van der Waals surface area contributed by atoms with Gasteiger partial charge < -0.3 is 4.74 Å². The van der Waals surface area contributed by atoms with Crippen molar-refractivity contribution in [2.24, 2.45) is 5.14 Å². The fourth-order valence-corrected chi connectivity index (χ4v) is 2.49. The second-order valence-corrected chi connectivity index (χ2v) is 6.25. The summed E-state index contributed by atoms with van der Waals surface area (Å²) < 4.78 is 28.3. The van der Waals surface area contributed by atoms with Crippen LogP contribution in [0.15, 0.2) is 47.4 Å². The zero-order valence-corrected chi connectivity index (χ0v) is 12.3. The summed E-state index contributed by atoms with van der Waals surface area (Å²) in [4.78, 5) is 0.0956. The Hall–Kier alpha value is -1.85. The van der Waals surface area contributed by atoms with Crippen LogP contribution in [0.3, 0.4) is 0 Å². The van der Waals surface area contributed by atoms with Crippen LogP contribution >= 0.6 is 0 Å². The fourth-order valence-electron chi connectivity index (χ4n) is 1.89. The minimum absolute atomic E-state index is 0.0956. The molecule has 0 saturated carbocycles. The van der Waals surface area contributed by atoms with Crippen LogP contribution in [0.1, 0.15) is 16.7 Å². The maximum absolute atomic E-state index is 11.3. The van der Waals surface area contributed by atoms with Crippen molar-refractivity contribution < 1.29 is 13.2 Å². The van der Waals surface area contributed by atoms with Crippen molar-refractivity contribution in [3.8, 4) is 5.75 Å². The highest BCUT2D eigenvalue weighted by Gasteiger charge is 2.10. The molecular weight excluding hydrogens is 274 g/mol. The first-order chi connectivity index (χ1) is 9.38. The lowest BCUT2D eigenvalue weighted by molar-refractivity contribution is 0.303. The van der Waals surface area contributed by atoms with E-state index in [1.54, 1.807) is 13.0 Å². The first-order valence-electron chi connectivity index (χ1n) is 6.18. The predicted molar refractivity (Wildman–Crippen MR) is 78.1 cm³/mol. The molecule has 0 radical (unpaired) electrons. The van der Waals surface area contributed by atoms with E-state index in [-0.39, 0.29) is 4.90 Å². The molecule has 0 spiro atoms. The van der Waals surface area contributed by atoms with Crippen molar-refractivity contribution in [3.63, 3.8) is 0 Å². The summed E-state index contributed by atoms with van der Waals surface area (Å²) in [6, 6.07) is 12.6. The van der Waals surface area contributed by atoms with Crippen LogP contribution in [0.2, 0.25) is 0 Å². The highest BCUT2D eigenvalue weighted by molar-refractivity contribution is 7.89. The van der Waals surface area contributed by atoms with Crippen molar-refractivity contribution in [2.75, 3.05) is 0 Å². The normalized spacial score (nSPS) is 11.3. The molecule has 0 atom stereocenters. The summed E-state index contributed by atoms with van der Waals surface area (Å²) in [5.74, 6) is 0.653. The third-order valence-electron chi connectivity index (χ3n) is 3.12. The van der Waals surface area contributed by atoms with Crippen LogP contribution < -0.4 is 9.88 Å². The van der Waals surface area contributed by atoms with Gasteiger partial charge in [-0.15, -0.1) is 0 Å². The van der Waals surface area contributed by atoms with Gasteiger partial charge in [-0.05, 0) is 48.7 Å². The Morgan fingerprint density at radius 3 is 2.35 bits per heavy atom. The molecule has 5 heteroatoms. The lowest BCUT2D eigenvalue weighted by Gasteiger charge is -2.11. The molecule has 0 aliphatic rings. The number of rotatable bonds is 4. The molecule has 0 bridgehead atoms. The second-order valence-electron chi connectivity index (χ2n) is 4.69. The van der Waals surface area contributed by atoms with Gasteiger partial charge in [0, 0.05) is 0 Å². The van der Waals surface area contributed by atoms with E-state index in [4.69, 9.17) is 9.88 Å². The van der Waals surface area contributed by atoms with Crippen LogP contribution in [-0.2, 0) is 16.6 Å². The van der Waals surface area contributed by atoms with E-state index in [0.717, 1.165) is 16.7 Å². The van der Waals surface area contributed by atoms with Crippen LogP contribution in [0.5, 0.6) is 5.75 Å². The molecule has 0 amide bonds. The SMILES string of the molecule is Cc1ccccc1COc1ccc(S(N)(=O)=O)cc1C. The largest absolute Gasteiger partial charge is 0.489 e. The maximum atomic E-state index is 11.3. The van der Waals surface area contributed by atoms with Crippen molar-refractivity contribution in [1.29, 1.82) is 0 Å². The summed E-state index contributed by atoms with van der Waals surface area (Å²) in [6.07, 6.45) is 0. The molecule has 0 fully saturated rings. The van der Waals surface area contributed by atoms with Gasteiger partial charge in [-0.25, -0.2) is 13.6 Å². The van der Waals surface area contributed by atoms with Crippen LogP contribution in [-0.4, -0.2) is 8.42 Å². The summed E-state index contributed by atoms with van der Waals surface area (Å²) in [5.41, 5.74) is 3.00. The van der Waals surface area contributed by atoms with E-state index < -0.39 is 10.0 Å². The van der Waals surface area contributed by atoms with Gasteiger partial charge >= 0.3 is 0 Å². The van der Waals surface area contributed by atoms with E-state index in [0.29, 0.717) is 12.4 Å². The minimum atomic E-state index is -3.67. The quantitative estimate of drug-likeness (QED) is 0.941. The number of sulfonamides is 1. The minimum Gasteiger partial charge on any atom is -0.489 e. The number of nitrogens with two attached hydrogens (primary N) is 1. The van der Waals surface area contributed by atoms with E-state index in [2.05, 4.69) is 0 Å². The molecule has 2 aromatic carbocycles. The van der Waals surface area contributed by atoms with Gasteiger partial charge in [-0.2, -0.15) is 0 Å². The number of hydrogen-bond donors (Lipinski definition) is 1. The summed E-state index contributed by atoms with van der Waals surface area (Å²) in [6.45, 7) is 4.26. The van der Waals surface area contributed by atoms with Crippen LogP contribution in [0.25, 0.3) is 0 Å². The molecule has 20 heavy (non-hydrogen) atoms. The summed E-state index contributed by atoms with van der Waals surface area (Å²) in [5, 5.41) is 5.09. The van der Waals surface area contributed by atoms with Gasteiger partial charge in [-0.3, -0.25) is 0 Å². The van der Waals surface area contributed by atoms with Gasteiger partial charge in [-0.1, -0.05) is 24.3 Å². The summed E-state index contributed by atoms with van der Waals surface area (Å²) >= 11 is 0. The van der Waals surface area contributed by atoms with Gasteiger partial charge in [0.2, 0.25) is 10.0 Å². The maximum Gasteiger partial charge on any atom is 0.238 e. The number of primary sulfonamides is 1. The first-order valence-corrected chi connectivity index (χ1v) is 7.73. The molecule has 0 unspecified atom stereocenters. The van der Waals surface area contributed by atoms with Gasteiger partial charge in [0.05, 0.1) is 4.90 Å². The molecule has 4 nitrogen and oxygen atoms in total. The topological polar surface area (TPSA) is 69.4 Å². The molecule has 0 heterocycles. The third-order valence-corrected chi connectivity index (χ3v) is 4.03. The van der Waals surface area contributed by atoms with Gasteiger partial charge in [0.25, 0.3) is 0 Å². The average Bonchev–Trinajstić information content (AvgIpc) is 2.38. The highest BCUT2D eigenvalue weighted by Crippen LogP contribution is 2.22.